The number of benzene rings is 1. The van der Waals surface area contributed by atoms with E-state index in [2.05, 4.69) is 5.10 Å². The lowest BCUT2D eigenvalue weighted by molar-refractivity contribution is 0.0513. The van der Waals surface area contributed by atoms with Crippen LogP contribution >= 0.6 is 0 Å². The molecule has 1 saturated carbocycles. The van der Waals surface area contributed by atoms with Gasteiger partial charge in [0.15, 0.2) is 5.78 Å². The maximum absolute atomic E-state index is 13.3. The van der Waals surface area contributed by atoms with Gasteiger partial charge in [-0.15, -0.1) is 0 Å². The zero-order chi connectivity index (χ0) is 22.3. The van der Waals surface area contributed by atoms with Crippen molar-refractivity contribution in [2.45, 2.75) is 77.5 Å². The lowest BCUT2D eigenvalue weighted by Gasteiger charge is -2.34. The number of carbonyl (C=O) groups is 3. The van der Waals surface area contributed by atoms with Crippen molar-refractivity contribution < 1.29 is 19.1 Å². The van der Waals surface area contributed by atoms with E-state index < -0.39 is 11.7 Å². The number of fused-ring (bicyclic) bond motifs is 1. The van der Waals surface area contributed by atoms with Crippen molar-refractivity contribution in [3.63, 3.8) is 0 Å². The Balaban J connectivity index is 1.52. The van der Waals surface area contributed by atoms with Gasteiger partial charge in [0.25, 0.3) is 5.91 Å². The van der Waals surface area contributed by atoms with E-state index in [0.29, 0.717) is 17.5 Å². The lowest BCUT2D eigenvalue weighted by atomic mass is 9.91. The largest absolute Gasteiger partial charge is 0.442 e. The second kappa shape index (κ2) is 7.94. The van der Waals surface area contributed by atoms with Crippen LogP contribution in [0.1, 0.15) is 78.9 Å². The van der Waals surface area contributed by atoms with E-state index in [0.717, 1.165) is 36.9 Å². The van der Waals surface area contributed by atoms with Crippen LogP contribution in [0.3, 0.4) is 0 Å². The summed E-state index contributed by atoms with van der Waals surface area (Å²) in [6.45, 7) is 7.00. The van der Waals surface area contributed by atoms with Crippen molar-refractivity contribution in [1.29, 1.82) is 0 Å². The van der Waals surface area contributed by atoms with Crippen LogP contribution in [0.15, 0.2) is 30.5 Å². The predicted octanol–water partition coefficient (Wildman–Crippen LogP) is 4.03. The van der Waals surface area contributed by atoms with E-state index in [-0.39, 0.29) is 23.8 Å². The average molecular weight is 424 g/mol. The number of ether oxygens (including phenoxy) is 1. The topological polar surface area (TPSA) is 81.5 Å². The number of nitrogens with zero attached hydrogens (tertiary/aromatic N) is 3. The summed E-state index contributed by atoms with van der Waals surface area (Å²) in [5, 5.41) is 4.43. The maximum Gasteiger partial charge on any atom is 0.435 e. The van der Waals surface area contributed by atoms with Crippen LogP contribution in [0.4, 0.5) is 4.79 Å². The third-order valence-corrected chi connectivity index (χ3v) is 5.73. The van der Waals surface area contributed by atoms with Gasteiger partial charge >= 0.3 is 6.09 Å². The fraction of sp³-hybridized carbons (Fsp3) is 0.500. The second-order valence-electron chi connectivity index (χ2n) is 9.50. The minimum absolute atomic E-state index is 0.00517. The van der Waals surface area contributed by atoms with Gasteiger partial charge in [-0.3, -0.25) is 9.59 Å². The minimum Gasteiger partial charge on any atom is -0.442 e. The zero-order valence-corrected chi connectivity index (χ0v) is 18.6. The van der Waals surface area contributed by atoms with Crippen molar-refractivity contribution in [3.05, 3.63) is 52.8 Å². The first-order valence-electron chi connectivity index (χ1n) is 10.9. The highest BCUT2D eigenvalue weighted by atomic mass is 16.6. The first-order chi connectivity index (χ1) is 14.6. The van der Waals surface area contributed by atoms with Crippen LogP contribution in [0.5, 0.6) is 0 Å². The van der Waals surface area contributed by atoms with Crippen LogP contribution in [0.2, 0.25) is 0 Å². The Bertz CT molecular complexity index is 1010. The molecule has 0 aliphatic heterocycles. The van der Waals surface area contributed by atoms with Crippen molar-refractivity contribution in [2.75, 3.05) is 0 Å². The number of aromatic nitrogens is 2. The van der Waals surface area contributed by atoms with E-state index in [1.807, 2.05) is 25.7 Å². The highest BCUT2D eigenvalue weighted by molar-refractivity contribution is 5.98. The highest BCUT2D eigenvalue weighted by Crippen LogP contribution is 2.34. The molecule has 7 heteroatoms. The minimum atomic E-state index is -0.584. The SMILES string of the molecule is CC(=O)c1ccc(C(=O)N(C2CC2)C2CCc3nn(C(=O)OC(C)(C)C)cc3C2)cc1. The molecule has 1 heterocycles. The fourth-order valence-electron chi connectivity index (χ4n) is 4.10. The number of hydrogen-bond acceptors (Lipinski definition) is 5. The van der Waals surface area contributed by atoms with Crippen LogP contribution in [0, 0.1) is 0 Å². The predicted molar refractivity (Wildman–Crippen MR) is 115 cm³/mol. The van der Waals surface area contributed by atoms with Crippen LogP contribution in [-0.2, 0) is 17.6 Å². The molecule has 7 nitrogen and oxygen atoms in total. The maximum atomic E-state index is 13.3. The summed E-state index contributed by atoms with van der Waals surface area (Å²) in [5.74, 6) is -0.00885. The summed E-state index contributed by atoms with van der Waals surface area (Å²) in [4.78, 5) is 39.2. The smallest absolute Gasteiger partial charge is 0.435 e. The normalized spacial score (nSPS) is 18.3. The Morgan fingerprint density at radius 1 is 1.03 bits per heavy atom. The van der Waals surface area contributed by atoms with E-state index in [4.69, 9.17) is 4.74 Å². The van der Waals surface area contributed by atoms with E-state index in [9.17, 15) is 14.4 Å². The number of ketones is 1. The van der Waals surface area contributed by atoms with Gasteiger partial charge in [0.1, 0.15) is 5.60 Å². The molecule has 2 aliphatic rings. The summed E-state index contributed by atoms with van der Waals surface area (Å²) >= 11 is 0. The molecule has 1 aromatic heterocycles. The molecule has 2 aromatic rings. The Labute approximate surface area is 182 Å². The molecule has 1 aromatic carbocycles. The van der Waals surface area contributed by atoms with Gasteiger partial charge in [-0.1, -0.05) is 12.1 Å². The number of aryl methyl sites for hydroxylation is 1. The Morgan fingerprint density at radius 3 is 2.26 bits per heavy atom. The Kier molecular flexibility index (Phi) is 5.45. The quantitative estimate of drug-likeness (QED) is 0.694. The van der Waals surface area contributed by atoms with Gasteiger partial charge in [-0.25, -0.2) is 4.79 Å². The van der Waals surface area contributed by atoms with Gasteiger partial charge in [-0.05, 0) is 77.5 Å². The zero-order valence-electron chi connectivity index (χ0n) is 18.6. The summed E-state index contributed by atoms with van der Waals surface area (Å²) in [5.41, 5.74) is 2.52. The molecule has 0 spiro atoms. The first-order valence-corrected chi connectivity index (χ1v) is 10.9. The molecular weight excluding hydrogens is 394 g/mol. The molecule has 1 fully saturated rings. The number of Topliss-reactive ketones (excluding diaryl/α,β-unsaturated/α-hetero) is 1. The summed E-state index contributed by atoms with van der Waals surface area (Å²) in [6.07, 6.45) is 5.48. The van der Waals surface area contributed by atoms with Crippen LogP contribution < -0.4 is 0 Å². The molecule has 0 saturated heterocycles. The van der Waals surface area contributed by atoms with Gasteiger partial charge in [-0.2, -0.15) is 9.78 Å². The molecule has 2 aliphatic carbocycles. The Morgan fingerprint density at radius 2 is 1.68 bits per heavy atom. The third kappa shape index (κ3) is 4.70. The van der Waals surface area contributed by atoms with E-state index in [1.54, 1.807) is 30.5 Å². The van der Waals surface area contributed by atoms with Gasteiger partial charge in [0, 0.05) is 29.4 Å². The van der Waals surface area contributed by atoms with Gasteiger partial charge in [0.2, 0.25) is 0 Å². The average Bonchev–Trinajstić information content (AvgIpc) is 3.43. The molecule has 31 heavy (non-hydrogen) atoms. The van der Waals surface area contributed by atoms with Crippen molar-refractivity contribution in [1.82, 2.24) is 14.7 Å². The second-order valence-corrected chi connectivity index (χ2v) is 9.50. The van der Waals surface area contributed by atoms with Crippen molar-refractivity contribution in [3.8, 4) is 0 Å². The van der Waals surface area contributed by atoms with Crippen molar-refractivity contribution in [2.24, 2.45) is 0 Å². The van der Waals surface area contributed by atoms with E-state index in [1.165, 1.54) is 11.6 Å². The van der Waals surface area contributed by atoms with Crippen molar-refractivity contribution >= 4 is 17.8 Å². The Hall–Kier alpha value is -2.96. The number of carbonyl (C=O) groups excluding carboxylic acids is 3. The number of amides is 1. The summed E-state index contributed by atoms with van der Waals surface area (Å²) < 4.78 is 6.70. The third-order valence-electron chi connectivity index (χ3n) is 5.73. The molecule has 0 N–H and O–H groups in total. The lowest BCUT2D eigenvalue weighted by Crippen LogP contribution is -2.44. The molecule has 1 atom stereocenters. The molecule has 1 unspecified atom stereocenters. The summed E-state index contributed by atoms with van der Waals surface area (Å²) in [6, 6.07) is 7.23. The molecular formula is C24H29N3O4. The molecule has 0 bridgehead atoms. The van der Waals surface area contributed by atoms with Crippen LogP contribution in [0.25, 0.3) is 0 Å². The molecule has 1 amide bonds. The van der Waals surface area contributed by atoms with Crippen LogP contribution in [-0.4, -0.2) is 50.1 Å². The highest BCUT2D eigenvalue weighted by Gasteiger charge is 2.39. The summed E-state index contributed by atoms with van der Waals surface area (Å²) in [7, 11) is 0. The van der Waals surface area contributed by atoms with Gasteiger partial charge in [0.05, 0.1) is 5.69 Å². The van der Waals surface area contributed by atoms with Gasteiger partial charge < -0.3 is 9.64 Å². The first kappa shape index (κ1) is 21.3. The van der Waals surface area contributed by atoms with E-state index >= 15 is 0 Å². The standard InChI is InChI=1S/C24H29N3O4/c1-15(28)16-5-7-17(8-6-16)22(29)27(19-9-10-19)20-11-12-21-18(13-20)14-26(25-21)23(30)31-24(2,3)4/h5-8,14,19-20H,9-13H2,1-4H3. The number of hydrogen-bond donors (Lipinski definition) is 0. The molecule has 0 radical (unpaired) electrons. The molecule has 4 rings (SSSR count). The number of rotatable bonds is 4. The molecule has 164 valence electrons. The fourth-order valence-corrected chi connectivity index (χ4v) is 4.10. The monoisotopic (exact) mass is 423 g/mol.